The van der Waals surface area contributed by atoms with Gasteiger partial charge in [0.1, 0.15) is 18.2 Å². The average molecular weight is 357 g/mol. The van der Waals surface area contributed by atoms with E-state index in [0.717, 1.165) is 28.3 Å². The first kappa shape index (κ1) is 16.8. The summed E-state index contributed by atoms with van der Waals surface area (Å²) in [5.41, 5.74) is 3.64. The van der Waals surface area contributed by atoms with E-state index in [9.17, 15) is 9.90 Å². The molecule has 5 heteroatoms. The summed E-state index contributed by atoms with van der Waals surface area (Å²) in [6.07, 6.45) is 0. The Kier molecular flexibility index (Phi) is 4.34. The highest BCUT2D eigenvalue weighted by Gasteiger charge is 2.10. The number of carbonyl (C=O) groups is 1. The van der Waals surface area contributed by atoms with Crippen LogP contribution in [0.3, 0.4) is 0 Å². The van der Waals surface area contributed by atoms with Gasteiger partial charge in [-0.2, -0.15) is 0 Å². The second-order valence-corrected chi connectivity index (χ2v) is 6.25. The van der Waals surface area contributed by atoms with Crippen LogP contribution in [0.1, 0.15) is 21.7 Å². The fraction of sp³-hybridized carbons (Fsp3) is 0.0909. The molecular formula is C22H17N2O3-. The monoisotopic (exact) mass is 357 g/mol. The Balaban J connectivity index is 1.60. The molecule has 0 N–H and O–H groups in total. The maximum Gasteiger partial charge on any atom is 0.119 e. The molecule has 0 atom stereocenters. The minimum Gasteiger partial charge on any atom is -0.545 e. The molecule has 0 aliphatic carbocycles. The van der Waals surface area contributed by atoms with Crippen molar-refractivity contribution in [2.24, 2.45) is 0 Å². The lowest BCUT2D eigenvalue weighted by molar-refractivity contribution is -0.255. The van der Waals surface area contributed by atoms with Crippen LogP contribution in [0.15, 0.2) is 72.8 Å². The second kappa shape index (κ2) is 6.96. The molecule has 1 heterocycles. The van der Waals surface area contributed by atoms with Crippen molar-refractivity contribution in [1.82, 2.24) is 9.55 Å². The summed E-state index contributed by atoms with van der Waals surface area (Å²) in [6, 6.07) is 22.6. The summed E-state index contributed by atoms with van der Waals surface area (Å²) in [6.45, 7) is 2.40. The van der Waals surface area contributed by atoms with Crippen molar-refractivity contribution < 1.29 is 14.6 Å². The molecule has 0 bridgehead atoms. The molecule has 1 aromatic heterocycles. The van der Waals surface area contributed by atoms with Crippen LogP contribution in [0.25, 0.3) is 16.7 Å². The van der Waals surface area contributed by atoms with Crippen molar-refractivity contribution in [3.63, 3.8) is 0 Å². The number of carboxylic acid groups (broad SMARTS) is 1. The first-order valence-electron chi connectivity index (χ1n) is 8.59. The van der Waals surface area contributed by atoms with E-state index in [1.54, 1.807) is 6.07 Å². The summed E-state index contributed by atoms with van der Waals surface area (Å²) < 4.78 is 7.81. The molecule has 0 aliphatic heterocycles. The van der Waals surface area contributed by atoms with Gasteiger partial charge < -0.3 is 14.6 Å². The van der Waals surface area contributed by atoms with Gasteiger partial charge in [0.05, 0.1) is 17.0 Å². The van der Waals surface area contributed by atoms with E-state index in [0.29, 0.717) is 12.1 Å². The zero-order valence-corrected chi connectivity index (χ0v) is 14.8. The number of rotatable bonds is 5. The Morgan fingerprint density at radius 2 is 1.78 bits per heavy atom. The summed E-state index contributed by atoms with van der Waals surface area (Å²) in [5, 5.41) is 11.0. The molecule has 0 radical (unpaired) electrons. The molecule has 134 valence electrons. The molecule has 4 aromatic rings. The number of ether oxygens (including phenoxy) is 1. The third-order valence-electron chi connectivity index (χ3n) is 4.40. The number of carboxylic acids is 1. The summed E-state index contributed by atoms with van der Waals surface area (Å²) >= 11 is 0. The van der Waals surface area contributed by atoms with Crippen LogP contribution in [0.5, 0.6) is 5.75 Å². The van der Waals surface area contributed by atoms with Crippen molar-refractivity contribution in [3.05, 3.63) is 89.7 Å². The van der Waals surface area contributed by atoms with Crippen LogP contribution in [-0.2, 0) is 6.61 Å². The predicted octanol–water partition coefficient (Wildman–Crippen LogP) is 3.28. The fourth-order valence-electron chi connectivity index (χ4n) is 3.09. The first-order chi connectivity index (χ1) is 13.1. The number of imidazole rings is 1. The maximum atomic E-state index is 11.0. The lowest BCUT2D eigenvalue weighted by atomic mass is 10.2. The minimum atomic E-state index is -1.20. The van der Waals surface area contributed by atoms with E-state index in [-0.39, 0.29) is 5.56 Å². The standard InChI is InChI=1S/C22H18N2O3/c1-15-23-20-13-17(22(25)26)7-12-21(20)24(15)18-8-10-19(11-9-18)27-14-16-5-3-2-4-6-16/h2-13H,14H2,1H3,(H,25,26)/p-1. The maximum absolute atomic E-state index is 11.0. The molecule has 0 spiro atoms. The number of fused-ring (bicyclic) bond motifs is 1. The van der Waals surface area contributed by atoms with Gasteiger partial charge in [0, 0.05) is 5.69 Å². The quantitative estimate of drug-likeness (QED) is 0.550. The highest BCUT2D eigenvalue weighted by molar-refractivity contribution is 5.91. The largest absolute Gasteiger partial charge is 0.545 e. The SMILES string of the molecule is Cc1nc2cc(C(=O)[O-])ccc2n1-c1ccc(OCc2ccccc2)cc1. The van der Waals surface area contributed by atoms with Gasteiger partial charge >= 0.3 is 0 Å². The van der Waals surface area contributed by atoms with Crippen molar-refractivity contribution in [2.75, 3.05) is 0 Å². The number of aryl methyl sites for hydroxylation is 1. The van der Waals surface area contributed by atoms with Crippen LogP contribution in [0.2, 0.25) is 0 Å². The summed E-state index contributed by atoms with van der Waals surface area (Å²) in [4.78, 5) is 15.5. The highest BCUT2D eigenvalue weighted by Crippen LogP contribution is 2.24. The van der Waals surface area contributed by atoms with E-state index in [1.807, 2.05) is 66.1 Å². The number of aromatic nitrogens is 2. The molecule has 0 saturated carbocycles. The normalized spacial score (nSPS) is 10.9. The van der Waals surface area contributed by atoms with Crippen molar-refractivity contribution in [2.45, 2.75) is 13.5 Å². The van der Waals surface area contributed by atoms with Gasteiger partial charge in [-0.3, -0.25) is 4.57 Å². The smallest absolute Gasteiger partial charge is 0.119 e. The number of benzene rings is 3. The van der Waals surface area contributed by atoms with E-state index in [2.05, 4.69) is 4.98 Å². The van der Waals surface area contributed by atoms with Crippen molar-refractivity contribution >= 4 is 17.0 Å². The third-order valence-corrected chi connectivity index (χ3v) is 4.40. The van der Waals surface area contributed by atoms with Crippen LogP contribution in [0, 0.1) is 6.92 Å². The minimum absolute atomic E-state index is 0.122. The van der Waals surface area contributed by atoms with Gasteiger partial charge in [0.25, 0.3) is 0 Å². The molecular weight excluding hydrogens is 340 g/mol. The van der Waals surface area contributed by atoms with Gasteiger partial charge in [0.2, 0.25) is 0 Å². The fourth-order valence-corrected chi connectivity index (χ4v) is 3.09. The van der Waals surface area contributed by atoms with Crippen LogP contribution >= 0.6 is 0 Å². The number of hydrogen-bond acceptors (Lipinski definition) is 4. The van der Waals surface area contributed by atoms with Crippen LogP contribution in [-0.4, -0.2) is 15.5 Å². The lowest BCUT2D eigenvalue weighted by Crippen LogP contribution is -2.21. The van der Waals surface area contributed by atoms with Gasteiger partial charge in [-0.15, -0.1) is 0 Å². The predicted molar refractivity (Wildman–Crippen MR) is 101 cm³/mol. The Labute approximate surface area is 156 Å². The van der Waals surface area contributed by atoms with E-state index in [1.165, 1.54) is 12.1 Å². The van der Waals surface area contributed by atoms with E-state index in [4.69, 9.17) is 4.74 Å². The topological polar surface area (TPSA) is 67.2 Å². The van der Waals surface area contributed by atoms with Gasteiger partial charge in [-0.25, -0.2) is 4.98 Å². The van der Waals surface area contributed by atoms with Gasteiger partial charge in [0.15, 0.2) is 0 Å². The highest BCUT2D eigenvalue weighted by atomic mass is 16.5. The number of nitrogens with zero attached hydrogens (tertiary/aromatic N) is 2. The average Bonchev–Trinajstić information content (AvgIpc) is 3.02. The summed E-state index contributed by atoms with van der Waals surface area (Å²) in [5.74, 6) is 0.353. The third kappa shape index (κ3) is 3.40. The Bertz CT molecular complexity index is 1100. The number of carbonyl (C=O) groups excluding carboxylic acids is 1. The molecule has 0 fully saturated rings. The molecule has 0 aliphatic rings. The first-order valence-corrected chi connectivity index (χ1v) is 8.59. The zero-order valence-electron chi connectivity index (χ0n) is 14.8. The number of aromatic carboxylic acids is 1. The molecule has 4 rings (SSSR count). The number of hydrogen-bond donors (Lipinski definition) is 0. The second-order valence-electron chi connectivity index (χ2n) is 6.25. The molecule has 3 aromatic carbocycles. The lowest BCUT2D eigenvalue weighted by Gasteiger charge is -2.10. The van der Waals surface area contributed by atoms with Gasteiger partial charge in [-0.1, -0.05) is 36.4 Å². The Hall–Kier alpha value is -3.60. The zero-order chi connectivity index (χ0) is 18.8. The van der Waals surface area contributed by atoms with Crippen LogP contribution in [0.4, 0.5) is 0 Å². The molecule has 27 heavy (non-hydrogen) atoms. The van der Waals surface area contributed by atoms with Gasteiger partial charge in [-0.05, 0) is 54.4 Å². The molecule has 0 amide bonds. The van der Waals surface area contributed by atoms with E-state index >= 15 is 0 Å². The Morgan fingerprint density at radius 1 is 1.04 bits per heavy atom. The molecule has 0 unspecified atom stereocenters. The molecule has 0 saturated heterocycles. The van der Waals surface area contributed by atoms with E-state index < -0.39 is 5.97 Å². The van der Waals surface area contributed by atoms with Crippen molar-refractivity contribution in [1.29, 1.82) is 0 Å². The Morgan fingerprint density at radius 3 is 2.48 bits per heavy atom. The van der Waals surface area contributed by atoms with Crippen LogP contribution < -0.4 is 9.84 Å². The summed E-state index contributed by atoms with van der Waals surface area (Å²) in [7, 11) is 0. The van der Waals surface area contributed by atoms with Crippen molar-refractivity contribution in [3.8, 4) is 11.4 Å². The molecule has 5 nitrogen and oxygen atoms in total.